The summed E-state index contributed by atoms with van der Waals surface area (Å²) in [5, 5.41) is 0. The van der Waals surface area contributed by atoms with Crippen molar-refractivity contribution in [2.24, 2.45) is 0 Å². The molecule has 1 aliphatic rings. The molecule has 2 aromatic carbocycles. The van der Waals surface area contributed by atoms with E-state index in [0.29, 0.717) is 18.8 Å². The topological polar surface area (TPSA) is 42.0 Å². The van der Waals surface area contributed by atoms with Crippen LogP contribution in [0.3, 0.4) is 0 Å². The second-order valence-electron chi connectivity index (χ2n) is 7.23. The summed E-state index contributed by atoms with van der Waals surface area (Å²) in [6.45, 7) is 4.89. The number of methoxy groups -OCH3 is 1. The molecule has 0 unspecified atom stereocenters. The van der Waals surface area contributed by atoms with Crippen LogP contribution in [0.15, 0.2) is 48.5 Å². The minimum atomic E-state index is -0.256. The van der Waals surface area contributed by atoms with Gasteiger partial charge in [-0.1, -0.05) is 12.1 Å². The Balaban J connectivity index is 1.30. The zero-order valence-corrected chi connectivity index (χ0v) is 17.0. The highest BCUT2D eigenvalue weighted by Crippen LogP contribution is 2.14. The van der Waals surface area contributed by atoms with Gasteiger partial charge in [-0.05, 0) is 54.8 Å². The van der Waals surface area contributed by atoms with Crippen LogP contribution >= 0.6 is 0 Å². The van der Waals surface area contributed by atoms with Crippen molar-refractivity contribution < 1.29 is 18.7 Å². The van der Waals surface area contributed by atoms with Crippen LogP contribution in [0, 0.1) is 5.82 Å². The van der Waals surface area contributed by atoms with Gasteiger partial charge in [-0.3, -0.25) is 9.69 Å². The lowest BCUT2D eigenvalue weighted by molar-refractivity contribution is -0.132. The van der Waals surface area contributed by atoms with Crippen molar-refractivity contribution in [3.63, 3.8) is 0 Å². The average molecular weight is 400 g/mol. The van der Waals surface area contributed by atoms with Gasteiger partial charge in [0.15, 0.2) is 0 Å². The van der Waals surface area contributed by atoms with Gasteiger partial charge in [-0.15, -0.1) is 0 Å². The van der Waals surface area contributed by atoms with E-state index in [2.05, 4.69) is 4.90 Å². The number of nitrogens with zero attached hydrogens (tertiary/aromatic N) is 2. The molecule has 0 N–H and O–H groups in total. The molecule has 5 nitrogen and oxygen atoms in total. The summed E-state index contributed by atoms with van der Waals surface area (Å²) >= 11 is 0. The van der Waals surface area contributed by atoms with Crippen LogP contribution in [0.5, 0.6) is 11.5 Å². The first-order valence-electron chi connectivity index (χ1n) is 10.2. The Morgan fingerprint density at radius 1 is 0.966 bits per heavy atom. The summed E-state index contributed by atoms with van der Waals surface area (Å²) in [7, 11) is 1.65. The predicted octanol–water partition coefficient (Wildman–Crippen LogP) is 3.38. The maximum absolute atomic E-state index is 12.9. The molecule has 156 valence electrons. The number of halogens is 1. The third-order valence-corrected chi connectivity index (χ3v) is 5.21. The van der Waals surface area contributed by atoms with E-state index in [1.807, 2.05) is 29.2 Å². The number of benzene rings is 2. The van der Waals surface area contributed by atoms with Gasteiger partial charge in [0.2, 0.25) is 5.91 Å². The molecule has 3 rings (SSSR count). The summed E-state index contributed by atoms with van der Waals surface area (Å²) in [6, 6.07) is 14.0. The first-order chi connectivity index (χ1) is 14.1. The first-order valence-corrected chi connectivity index (χ1v) is 10.2. The average Bonchev–Trinajstić information content (AvgIpc) is 2.77. The Morgan fingerprint density at radius 2 is 1.62 bits per heavy atom. The molecule has 1 amide bonds. The van der Waals surface area contributed by atoms with Crippen LogP contribution in [0.25, 0.3) is 0 Å². The molecule has 1 aliphatic heterocycles. The van der Waals surface area contributed by atoms with E-state index in [-0.39, 0.29) is 11.7 Å². The zero-order valence-electron chi connectivity index (χ0n) is 17.0. The highest BCUT2D eigenvalue weighted by molar-refractivity contribution is 5.76. The largest absolute Gasteiger partial charge is 0.497 e. The Labute approximate surface area is 172 Å². The van der Waals surface area contributed by atoms with Crippen molar-refractivity contribution in [1.82, 2.24) is 9.80 Å². The molecule has 0 atom stereocenters. The van der Waals surface area contributed by atoms with Crippen molar-refractivity contribution in [1.29, 1.82) is 0 Å². The molecule has 29 heavy (non-hydrogen) atoms. The Kier molecular flexibility index (Phi) is 7.87. The fourth-order valence-corrected chi connectivity index (χ4v) is 3.43. The molecule has 0 aliphatic carbocycles. The molecule has 0 bridgehead atoms. The number of rotatable bonds is 9. The van der Waals surface area contributed by atoms with Gasteiger partial charge in [0.25, 0.3) is 0 Å². The highest BCUT2D eigenvalue weighted by atomic mass is 19.1. The van der Waals surface area contributed by atoms with Crippen LogP contribution < -0.4 is 9.47 Å². The lowest BCUT2D eigenvalue weighted by atomic mass is 10.1. The number of carbonyl (C=O) groups excluding carboxylic acids is 1. The molecular formula is C23H29FN2O3. The van der Waals surface area contributed by atoms with Crippen LogP contribution in [-0.2, 0) is 11.2 Å². The summed E-state index contributed by atoms with van der Waals surface area (Å²) in [5.41, 5.74) is 1.15. The molecular weight excluding hydrogens is 371 g/mol. The minimum absolute atomic E-state index is 0.222. The van der Waals surface area contributed by atoms with E-state index in [1.54, 1.807) is 19.2 Å². The van der Waals surface area contributed by atoms with Gasteiger partial charge in [0, 0.05) is 39.1 Å². The lowest BCUT2D eigenvalue weighted by Gasteiger charge is -2.34. The van der Waals surface area contributed by atoms with Gasteiger partial charge in [-0.25, -0.2) is 4.39 Å². The van der Waals surface area contributed by atoms with Gasteiger partial charge < -0.3 is 14.4 Å². The second kappa shape index (κ2) is 10.8. The molecule has 0 saturated carbocycles. The SMILES string of the molecule is COc1ccc(CCC(=O)N2CCN(CCCOc3ccc(F)cc3)CC2)cc1. The van der Waals surface area contributed by atoms with E-state index in [1.165, 1.54) is 12.1 Å². The van der Waals surface area contributed by atoms with Crippen molar-refractivity contribution in [3.8, 4) is 11.5 Å². The fraction of sp³-hybridized carbons (Fsp3) is 0.435. The van der Waals surface area contributed by atoms with Gasteiger partial charge in [-0.2, -0.15) is 0 Å². The summed E-state index contributed by atoms with van der Waals surface area (Å²) in [6.07, 6.45) is 2.20. The van der Waals surface area contributed by atoms with Crippen LogP contribution in [0.1, 0.15) is 18.4 Å². The second-order valence-corrected chi connectivity index (χ2v) is 7.23. The van der Waals surface area contributed by atoms with Gasteiger partial charge in [0.1, 0.15) is 17.3 Å². The lowest BCUT2D eigenvalue weighted by Crippen LogP contribution is -2.49. The molecule has 1 fully saturated rings. The van der Waals surface area contributed by atoms with Crippen molar-refractivity contribution in [2.75, 3.05) is 46.4 Å². The maximum Gasteiger partial charge on any atom is 0.222 e. The molecule has 2 aromatic rings. The Bertz CT molecular complexity index is 757. The molecule has 1 heterocycles. The molecule has 0 aromatic heterocycles. The summed E-state index contributed by atoms with van der Waals surface area (Å²) < 4.78 is 23.7. The summed E-state index contributed by atoms with van der Waals surface area (Å²) in [5.74, 6) is 1.49. The summed E-state index contributed by atoms with van der Waals surface area (Å²) in [4.78, 5) is 16.8. The predicted molar refractivity (Wildman–Crippen MR) is 111 cm³/mol. The van der Waals surface area contributed by atoms with E-state index in [0.717, 1.165) is 56.9 Å². The minimum Gasteiger partial charge on any atom is -0.497 e. The number of hydrogen-bond donors (Lipinski definition) is 0. The Hall–Kier alpha value is -2.60. The van der Waals surface area contributed by atoms with Gasteiger partial charge in [0.05, 0.1) is 13.7 Å². The molecule has 6 heteroatoms. The van der Waals surface area contributed by atoms with E-state index in [4.69, 9.17) is 9.47 Å². The fourth-order valence-electron chi connectivity index (χ4n) is 3.43. The maximum atomic E-state index is 12.9. The number of hydrogen-bond acceptors (Lipinski definition) is 4. The zero-order chi connectivity index (χ0) is 20.5. The van der Waals surface area contributed by atoms with Crippen molar-refractivity contribution >= 4 is 5.91 Å². The Morgan fingerprint density at radius 3 is 2.28 bits per heavy atom. The van der Waals surface area contributed by atoms with E-state index < -0.39 is 0 Å². The highest BCUT2D eigenvalue weighted by Gasteiger charge is 2.20. The number of piperazine rings is 1. The normalized spacial score (nSPS) is 14.6. The molecule has 0 spiro atoms. The number of amides is 1. The number of aryl methyl sites for hydroxylation is 1. The van der Waals surface area contributed by atoms with Crippen molar-refractivity contribution in [3.05, 3.63) is 59.9 Å². The quantitative estimate of drug-likeness (QED) is 0.605. The third-order valence-electron chi connectivity index (χ3n) is 5.21. The number of carbonyl (C=O) groups is 1. The van der Waals surface area contributed by atoms with Crippen LogP contribution in [0.4, 0.5) is 4.39 Å². The van der Waals surface area contributed by atoms with E-state index in [9.17, 15) is 9.18 Å². The molecule has 1 saturated heterocycles. The first kappa shape index (κ1) is 21.1. The monoisotopic (exact) mass is 400 g/mol. The smallest absolute Gasteiger partial charge is 0.222 e. The van der Waals surface area contributed by atoms with Crippen LogP contribution in [-0.4, -0.2) is 62.1 Å². The number of ether oxygens (including phenoxy) is 2. The van der Waals surface area contributed by atoms with E-state index >= 15 is 0 Å². The third kappa shape index (κ3) is 6.75. The standard InChI is InChI=1S/C23H29FN2O3/c1-28-21-8-3-19(4-9-21)5-12-23(27)26-16-14-25(15-17-26)13-2-18-29-22-10-6-20(24)7-11-22/h3-4,6-11H,2,5,12-18H2,1H3. The van der Waals surface area contributed by atoms with Gasteiger partial charge >= 0.3 is 0 Å². The molecule has 0 radical (unpaired) electrons. The van der Waals surface area contributed by atoms with Crippen LogP contribution in [0.2, 0.25) is 0 Å². The van der Waals surface area contributed by atoms with Crippen molar-refractivity contribution in [2.45, 2.75) is 19.3 Å².